The lowest BCUT2D eigenvalue weighted by Gasteiger charge is -2.41. The molecule has 0 saturated carbocycles. The maximum atomic E-state index is 4.67. The summed E-state index contributed by atoms with van der Waals surface area (Å²) in [5.74, 6) is 0.933. The second-order valence-electron chi connectivity index (χ2n) is 7.77. The monoisotopic (exact) mass is 372 g/mol. The minimum absolute atomic E-state index is 0.111. The first-order valence-corrected chi connectivity index (χ1v) is 9.79. The zero-order chi connectivity index (χ0) is 19.0. The van der Waals surface area contributed by atoms with E-state index in [-0.39, 0.29) is 5.41 Å². The summed E-state index contributed by atoms with van der Waals surface area (Å²) in [7, 11) is 2.21. The second-order valence-corrected chi connectivity index (χ2v) is 7.77. The van der Waals surface area contributed by atoms with E-state index in [1.54, 1.807) is 10.7 Å². The van der Waals surface area contributed by atoms with Gasteiger partial charge in [-0.25, -0.2) is 14.5 Å². The lowest BCUT2D eigenvalue weighted by atomic mass is 9.72. The fraction of sp³-hybridized carbons (Fsp3) is 0.318. The van der Waals surface area contributed by atoms with E-state index < -0.39 is 0 Å². The minimum Gasteiger partial charge on any atom is -0.330 e. The standard InChI is InChI=1S/C22H24N6/c1-26-13-8-22(9-14-26,18-6-3-2-4-7-18)17-27-15-11-24-20(27)19-16-25-28-12-5-10-23-21(19)28/h2-7,10-12,15-16H,8-9,13-14,17H2,1H3. The van der Waals surface area contributed by atoms with E-state index in [1.165, 1.54) is 5.56 Å². The van der Waals surface area contributed by atoms with Crippen LogP contribution in [0, 0.1) is 0 Å². The van der Waals surface area contributed by atoms with Crippen molar-refractivity contribution in [1.29, 1.82) is 0 Å². The Labute approximate surface area is 164 Å². The van der Waals surface area contributed by atoms with Gasteiger partial charge in [0.05, 0.1) is 11.8 Å². The van der Waals surface area contributed by atoms with Crippen LogP contribution >= 0.6 is 0 Å². The number of imidazole rings is 1. The predicted molar refractivity (Wildman–Crippen MR) is 109 cm³/mol. The first-order chi connectivity index (χ1) is 13.8. The Morgan fingerprint density at radius 3 is 2.61 bits per heavy atom. The molecule has 4 aromatic rings. The third-order valence-corrected chi connectivity index (χ3v) is 6.04. The number of likely N-dealkylation sites (tertiary alicyclic amines) is 1. The van der Waals surface area contributed by atoms with Crippen LogP contribution in [0.1, 0.15) is 18.4 Å². The number of rotatable bonds is 4. The largest absolute Gasteiger partial charge is 0.330 e. The van der Waals surface area contributed by atoms with Crippen molar-refractivity contribution >= 4 is 5.65 Å². The first-order valence-electron chi connectivity index (χ1n) is 9.79. The molecule has 0 amide bonds. The molecule has 3 aromatic heterocycles. The number of piperidine rings is 1. The van der Waals surface area contributed by atoms with Gasteiger partial charge < -0.3 is 9.47 Å². The Balaban J connectivity index is 1.56. The van der Waals surface area contributed by atoms with Gasteiger partial charge in [-0.1, -0.05) is 30.3 Å². The SMILES string of the molecule is CN1CCC(Cn2ccnc2-c2cnn3cccnc23)(c2ccccc2)CC1. The maximum Gasteiger partial charge on any atom is 0.165 e. The first kappa shape index (κ1) is 17.1. The normalized spacial score (nSPS) is 17.2. The number of hydrogen-bond donors (Lipinski definition) is 0. The molecule has 4 heterocycles. The Bertz CT molecular complexity index is 1070. The molecule has 1 aliphatic heterocycles. The summed E-state index contributed by atoms with van der Waals surface area (Å²) in [4.78, 5) is 11.6. The molecule has 0 bridgehead atoms. The van der Waals surface area contributed by atoms with Gasteiger partial charge in [0.1, 0.15) is 5.82 Å². The fourth-order valence-electron chi connectivity index (χ4n) is 4.37. The highest BCUT2D eigenvalue weighted by atomic mass is 15.2. The van der Waals surface area contributed by atoms with Gasteiger partial charge in [0.25, 0.3) is 0 Å². The molecule has 1 aliphatic rings. The van der Waals surface area contributed by atoms with Gasteiger partial charge in [0.15, 0.2) is 5.65 Å². The van der Waals surface area contributed by atoms with Crippen LogP contribution in [0.2, 0.25) is 0 Å². The average molecular weight is 372 g/mol. The Hall–Kier alpha value is -2.99. The van der Waals surface area contributed by atoms with Crippen molar-refractivity contribution in [3.8, 4) is 11.4 Å². The maximum absolute atomic E-state index is 4.67. The summed E-state index contributed by atoms with van der Waals surface area (Å²) in [6.07, 6.45) is 11.8. The summed E-state index contributed by atoms with van der Waals surface area (Å²) in [5, 5.41) is 4.44. The van der Waals surface area contributed by atoms with E-state index in [9.17, 15) is 0 Å². The second kappa shape index (κ2) is 6.87. The highest BCUT2D eigenvalue weighted by Crippen LogP contribution is 2.38. The molecule has 0 radical (unpaired) electrons. The molecule has 0 aliphatic carbocycles. The third kappa shape index (κ3) is 2.90. The number of aromatic nitrogens is 5. The Morgan fingerprint density at radius 2 is 1.79 bits per heavy atom. The van der Waals surface area contributed by atoms with Crippen LogP contribution in [-0.2, 0) is 12.0 Å². The molecular weight excluding hydrogens is 348 g/mol. The molecule has 0 N–H and O–H groups in total. The van der Waals surface area contributed by atoms with Crippen molar-refractivity contribution in [3.63, 3.8) is 0 Å². The van der Waals surface area contributed by atoms with Crippen molar-refractivity contribution < 1.29 is 0 Å². The lowest BCUT2D eigenvalue weighted by Crippen LogP contribution is -2.43. The van der Waals surface area contributed by atoms with Gasteiger partial charge in [0.2, 0.25) is 0 Å². The van der Waals surface area contributed by atoms with Crippen molar-refractivity contribution in [2.24, 2.45) is 0 Å². The molecular formula is C22H24N6. The predicted octanol–water partition coefficient (Wildman–Crippen LogP) is 3.26. The summed E-state index contributed by atoms with van der Waals surface area (Å²) >= 11 is 0. The fourth-order valence-corrected chi connectivity index (χ4v) is 4.37. The van der Waals surface area contributed by atoms with Gasteiger partial charge in [-0.2, -0.15) is 5.10 Å². The van der Waals surface area contributed by atoms with Crippen LogP contribution in [0.25, 0.3) is 17.0 Å². The molecule has 1 aromatic carbocycles. The van der Waals surface area contributed by atoms with Crippen LogP contribution in [-0.4, -0.2) is 49.2 Å². The zero-order valence-electron chi connectivity index (χ0n) is 16.1. The van der Waals surface area contributed by atoms with Crippen LogP contribution in [0.4, 0.5) is 0 Å². The quantitative estimate of drug-likeness (QED) is 0.552. The molecule has 142 valence electrons. The summed E-state index contributed by atoms with van der Waals surface area (Å²) in [5.41, 5.74) is 3.34. The van der Waals surface area contributed by atoms with Gasteiger partial charge in [0, 0.05) is 36.7 Å². The topological polar surface area (TPSA) is 51.2 Å². The van der Waals surface area contributed by atoms with Gasteiger partial charge >= 0.3 is 0 Å². The molecule has 0 unspecified atom stereocenters. The van der Waals surface area contributed by atoms with Gasteiger partial charge in [-0.3, -0.25) is 0 Å². The van der Waals surface area contributed by atoms with Crippen LogP contribution in [0.3, 0.4) is 0 Å². The highest BCUT2D eigenvalue weighted by Gasteiger charge is 2.36. The van der Waals surface area contributed by atoms with E-state index >= 15 is 0 Å². The molecule has 6 heteroatoms. The Morgan fingerprint density at radius 1 is 0.964 bits per heavy atom. The van der Waals surface area contributed by atoms with E-state index in [0.29, 0.717) is 0 Å². The van der Waals surface area contributed by atoms with E-state index in [0.717, 1.165) is 49.5 Å². The van der Waals surface area contributed by atoms with Gasteiger partial charge in [-0.15, -0.1) is 0 Å². The number of benzene rings is 1. The van der Waals surface area contributed by atoms with E-state index in [4.69, 9.17) is 0 Å². The van der Waals surface area contributed by atoms with Crippen molar-refractivity contribution in [2.75, 3.05) is 20.1 Å². The summed E-state index contributed by atoms with van der Waals surface area (Å²) < 4.78 is 4.08. The molecule has 1 fully saturated rings. The lowest BCUT2D eigenvalue weighted by molar-refractivity contribution is 0.170. The zero-order valence-corrected chi connectivity index (χ0v) is 16.1. The molecule has 28 heavy (non-hydrogen) atoms. The van der Waals surface area contributed by atoms with Crippen molar-refractivity contribution in [1.82, 2.24) is 29.0 Å². The van der Waals surface area contributed by atoms with Crippen molar-refractivity contribution in [2.45, 2.75) is 24.8 Å². The number of nitrogens with zero attached hydrogens (tertiary/aromatic N) is 6. The molecule has 6 nitrogen and oxygen atoms in total. The van der Waals surface area contributed by atoms with E-state index in [2.05, 4.69) is 68.1 Å². The number of hydrogen-bond acceptors (Lipinski definition) is 4. The molecule has 0 atom stereocenters. The third-order valence-electron chi connectivity index (χ3n) is 6.04. The molecule has 1 saturated heterocycles. The summed E-state index contributed by atoms with van der Waals surface area (Å²) in [6, 6.07) is 12.8. The highest BCUT2D eigenvalue weighted by molar-refractivity contribution is 5.72. The average Bonchev–Trinajstić information content (AvgIpc) is 3.37. The Kier molecular flexibility index (Phi) is 4.20. The van der Waals surface area contributed by atoms with Gasteiger partial charge in [-0.05, 0) is 44.6 Å². The van der Waals surface area contributed by atoms with Crippen LogP contribution in [0.15, 0.2) is 67.4 Å². The van der Waals surface area contributed by atoms with E-state index in [1.807, 2.05) is 24.7 Å². The summed E-state index contributed by atoms with van der Waals surface area (Å²) in [6.45, 7) is 3.12. The molecule has 0 spiro atoms. The van der Waals surface area contributed by atoms with Crippen LogP contribution < -0.4 is 0 Å². The van der Waals surface area contributed by atoms with Crippen LogP contribution in [0.5, 0.6) is 0 Å². The number of fused-ring (bicyclic) bond motifs is 1. The smallest absolute Gasteiger partial charge is 0.165 e. The minimum atomic E-state index is 0.111. The van der Waals surface area contributed by atoms with Crippen molar-refractivity contribution in [3.05, 3.63) is 72.9 Å². The molecule has 5 rings (SSSR count).